The number of aromatic amines is 1. The van der Waals surface area contributed by atoms with Gasteiger partial charge >= 0.3 is 6.18 Å². The third-order valence-corrected chi connectivity index (χ3v) is 5.93. The zero-order valence-corrected chi connectivity index (χ0v) is 18.8. The van der Waals surface area contributed by atoms with Gasteiger partial charge in [0, 0.05) is 25.8 Å². The molecule has 2 amide bonds. The van der Waals surface area contributed by atoms with Crippen molar-refractivity contribution < 1.29 is 22.8 Å². The van der Waals surface area contributed by atoms with Gasteiger partial charge in [0.05, 0.1) is 11.0 Å². The number of anilines is 1. The van der Waals surface area contributed by atoms with E-state index in [0.717, 1.165) is 5.56 Å². The van der Waals surface area contributed by atoms with Gasteiger partial charge in [0.25, 0.3) is 0 Å². The van der Waals surface area contributed by atoms with E-state index < -0.39 is 35.9 Å². The number of alkyl halides is 3. The van der Waals surface area contributed by atoms with Crippen LogP contribution in [0, 0.1) is 5.53 Å². The summed E-state index contributed by atoms with van der Waals surface area (Å²) in [6, 6.07) is 10.7. The Morgan fingerprint density at radius 3 is 2.74 bits per heavy atom. The Balaban J connectivity index is 1.43. The molecule has 3 aromatic rings. The Morgan fingerprint density at radius 1 is 1.31 bits per heavy atom. The van der Waals surface area contributed by atoms with Gasteiger partial charge in [-0.25, -0.2) is 10.5 Å². The van der Waals surface area contributed by atoms with E-state index >= 15 is 0 Å². The van der Waals surface area contributed by atoms with Crippen LogP contribution in [0.3, 0.4) is 0 Å². The first-order valence-electron chi connectivity index (χ1n) is 11.0. The number of halogens is 3. The zero-order valence-electron chi connectivity index (χ0n) is 18.8. The van der Waals surface area contributed by atoms with E-state index in [0.29, 0.717) is 24.2 Å². The molecule has 35 heavy (non-hydrogen) atoms. The second-order valence-electron chi connectivity index (χ2n) is 8.34. The summed E-state index contributed by atoms with van der Waals surface area (Å²) in [5.41, 5.74) is 9.82. The number of likely N-dealkylation sites (N-methyl/N-ethyl adjacent to an activating group) is 1. The number of nitrogens with zero attached hydrogens (tertiary/aromatic N) is 3. The fourth-order valence-electron chi connectivity index (χ4n) is 4.06. The number of benzene rings is 2. The lowest BCUT2D eigenvalue weighted by molar-refractivity contribution is -0.144. The molecule has 0 bridgehead atoms. The Hall–Kier alpha value is -3.80. The number of hydrogen-bond donors (Lipinski definition) is 4. The topological polar surface area (TPSA) is 126 Å². The van der Waals surface area contributed by atoms with Crippen molar-refractivity contribution in [3.63, 3.8) is 0 Å². The second-order valence-corrected chi connectivity index (χ2v) is 8.34. The number of carbonyl (C=O) groups excluding carboxylic acids is 2. The number of aromatic nitrogens is 2. The maximum absolute atomic E-state index is 13.1. The van der Waals surface area contributed by atoms with Crippen LogP contribution >= 0.6 is 0 Å². The lowest BCUT2D eigenvalue weighted by atomic mass is 10.0. The summed E-state index contributed by atoms with van der Waals surface area (Å²) in [6.07, 6.45) is -4.01. The minimum absolute atomic E-state index is 0.0933. The summed E-state index contributed by atoms with van der Waals surface area (Å²) in [5, 5.41) is 9.17. The minimum atomic E-state index is -4.61. The van der Waals surface area contributed by atoms with Crippen molar-refractivity contribution in [2.75, 3.05) is 18.5 Å². The van der Waals surface area contributed by atoms with Crippen LogP contribution in [-0.4, -0.2) is 47.5 Å². The van der Waals surface area contributed by atoms with Crippen LogP contribution in [0.15, 0.2) is 47.6 Å². The lowest BCUT2D eigenvalue weighted by Crippen LogP contribution is -2.50. The molecular formula is C23H24F3N7O2. The molecule has 0 spiro atoms. The van der Waals surface area contributed by atoms with Gasteiger partial charge in [-0.1, -0.05) is 30.3 Å². The molecule has 1 aromatic heterocycles. The van der Waals surface area contributed by atoms with Crippen LogP contribution in [0.5, 0.6) is 0 Å². The molecular weight excluding hydrogens is 463 g/mol. The number of H-pyrrole nitrogens is 1. The molecule has 4 rings (SSSR count). The van der Waals surface area contributed by atoms with E-state index in [1.54, 1.807) is 6.07 Å². The number of nitrogens with one attached hydrogen (secondary N) is 4. The van der Waals surface area contributed by atoms with Crippen molar-refractivity contribution in [2.45, 2.75) is 37.6 Å². The quantitative estimate of drug-likeness (QED) is 0.382. The van der Waals surface area contributed by atoms with Crippen molar-refractivity contribution in [2.24, 2.45) is 5.11 Å². The molecule has 4 N–H and O–H groups in total. The average Bonchev–Trinajstić information content (AvgIpc) is 3.23. The summed E-state index contributed by atoms with van der Waals surface area (Å²) in [5.74, 6) is -2.07. The summed E-state index contributed by atoms with van der Waals surface area (Å²) >= 11 is 0. The van der Waals surface area contributed by atoms with Crippen molar-refractivity contribution >= 4 is 28.5 Å². The van der Waals surface area contributed by atoms with Gasteiger partial charge < -0.3 is 20.5 Å². The normalized spacial score (nSPS) is 17.1. The number of imidazole rings is 1. The number of fused-ring (bicyclic) bond motifs is 2. The van der Waals surface area contributed by atoms with E-state index in [-0.39, 0.29) is 24.0 Å². The fraction of sp³-hybridized carbons (Fsp3) is 0.348. The predicted octanol–water partition coefficient (Wildman–Crippen LogP) is 3.16. The zero-order chi connectivity index (χ0) is 25.2. The molecule has 1 unspecified atom stereocenters. The summed E-state index contributed by atoms with van der Waals surface area (Å²) in [6.45, 7) is 0.622. The highest BCUT2D eigenvalue weighted by Crippen LogP contribution is 2.33. The van der Waals surface area contributed by atoms with Gasteiger partial charge in [-0.05, 0) is 36.1 Å². The maximum atomic E-state index is 13.1. The Bertz CT molecular complexity index is 1240. The Labute approximate surface area is 198 Å². The van der Waals surface area contributed by atoms with Gasteiger partial charge in [-0.15, -0.1) is 0 Å². The van der Waals surface area contributed by atoms with Crippen LogP contribution in [0.1, 0.15) is 23.4 Å². The minimum Gasteiger partial charge on any atom is -0.342 e. The lowest BCUT2D eigenvalue weighted by Gasteiger charge is -2.23. The van der Waals surface area contributed by atoms with E-state index in [4.69, 9.17) is 5.53 Å². The molecule has 12 heteroatoms. The summed E-state index contributed by atoms with van der Waals surface area (Å²) < 4.78 is 39.0. The first-order valence-corrected chi connectivity index (χ1v) is 11.0. The molecule has 2 heterocycles. The van der Waals surface area contributed by atoms with Gasteiger partial charge in [-0.3, -0.25) is 9.59 Å². The molecule has 0 saturated heterocycles. The second kappa shape index (κ2) is 9.82. The van der Waals surface area contributed by atoms with Crippen molar-refractivity contribution in [1.82, 2.24) is 20.6 Å². The van der Waals surface area contributed by atoms with Gasteiger partial charge in [0.1, 0.15) is 6.04 Å². The monoisotopic (exact) mass is 487 g/mol. The molecule has 184 valence electrons. The maximum Gasteiger partial charge on any atom is 0.449 e. The molecule has 0 aliphatic carbocycles. The number of amides is 2. The highest BCUT2D eigenvalue weighted by molar-refractivity contribution is 6.02. The number of carbonyl (C=O) groups is 2. The molecule has 0 radical (unpaired) electrons. The van der Waals surface area contributed by atoms with E-state index in [9.17, 15) is 22.8 Å². The highest BCUT2D eigenvalue weighted by Gasteiger charge is 2.36. The highest BCUT2D eigenvalue weighted by atomic mass is 19.4. The standard InChI is InChI=1S/C23H24F3N7O2/c1-33-19-10-17-16(30-22(31-17)23(24,25)26)9-14(19)7-8-15(21(33)35)29-20(34)18(32-27)12-28-11-13-5-3-2-4-6-13/h2-6,9-10,15,18,27-28H,7-8,11-12H2,1H3,(H,29,34)(H,30,31)/t15-,18?/m0/s1. The van der Waals surface area contributed by atoms with Gasteiger partial charge in [0.15, 0.2) is 6.04 Å². The van der Waals surface area contributed by atoms with Gasteiger partial charge in [0.2, 0.25) is 17.6 Å². The van der Waals surface area contributed by atoms with E-state index in [1.807, 2.05) is 30.3 Å². The fourth-order valence-corrected chi connectivity index (χ4v) is 4.06. The van der Waals surface area contributed by atoms with Gasteiger partial charge in [-0.2, -0.15) is 18.3 Å². The number of rotatable bonds is 7. The molecule has 0 fully saturated rings. The Kier molecular flexibility index (Phi) is 6.83. The van der Waals surface area contributed by atoms with E-state index in [2.05, 4.69) is 25.7 Å². The van der Waals surface area contributed by atoms with E-state index in [1.165, 1.54) is 18.0 Å². The first kappa shape index (κ1) is 24.3. The molecule has 1 aliphatic heterocycles. The molecule has 9 nitrogen and oxygen atoms in total. The van der Waals surface area contributed by atoms with Crippen molar-refractivity contribution in [1.29, 1.82) is 5.53 Å². The van der Waals surface area contributed by atoms with Crippen LogP contribution in [0.4, 0.5) is 18.9 Å². The van der Waals surface area contributed by atoms with Crippen LogP contribution in [0.25, 0.3) is 11.0 Å². The number of hydrogen-bond acceptors (Lipinski definition) is 6. The van der Waals surface area contributed by atoms with Crippen molar-refractivity contribution in [3.8, 4) is 0 Å². The smallest absolute Gasteiger partial charge is 0.342 e. The summed E-state index contributed by atoms with van der Waals surface area (Å²) in [7, 11) is 1.50. The van der Waals surface area contributed by atoms with Crippen LogP contribution < -0.4 is 15.5 Å². The average molecular weight is 487 g/mol. The van der Waals surface area contributed by atoms with Crippen LogP contribution in [-0.2, 0) is 28.7 Å². The molecule has 2 atom stereocenters. The summed E-state index contributed by atoms with van der Waals surface area (Å²) in [4.78, 5) is 33.0. The predicted molar refractivity (Wildman–Crippen MR) is 122 cm³/mol. The molecule has 2 aromatic carbocycles. The Morgan fingerprint density at radius 2 is 2.06 bits per heavy atom. The SMILES string of the molecule is CN1C(=O)[C@@H](NC(=O)C(CNCc2ccccc2)N=N)CCc2cc3[nH]c(C(F)(F)F)nc3cc21. The largest absolute Gasteiger partial charge is 0.449 e. The molecule has 0 saturated carbocycles. The first-order chi connectivity index (χ1) is 16.7. The third kappa shape index (κ3) is 5.32. The van der Waals surface area contributed by atoms with Crippen molar-refractivity contribution in [3.05, 3.63) is 59.4 Å². The van der Waals surface area contributed by atoms with Crippen LogP contribution in [0.2, 0.25) is 0 Å². The third-order valence-electron chi connectivity index (χ3n) is 5.93. The number of aryl methyl sites for hydroxylation is 1. The molecule has 1 aliphatic rings.